The van der Waals surface area contributed by atoms with Crippen LogP contribution in [0.3, 0.4) is 0 Å². The molecule has 16 heavy (non-hydrogen) atoms. The van der Waals surface area contributed by atoms with Gasteiger partial charge in [-0.05, 0) is 42.5 Å². The summed E-state index contributed by atoms with van der Waals surface area (Å²) in [5.74, 6) is 0.829. The van der Waals surface area contributed by atoms with Gasteiger partial charge in [-0.1, -0.05) is 18.7 Å². The van der Waals surface area contributed by atoms with Gasteiger partial charge >= 0.3 is 0 Å². The van der Waals surface area contributed by atoms with Gasteiger partial charge in [-0.15, -0.1) is 0 Å². The van der Waals surface area contributed by atoms with Crippen LogP contribution in [0.5, 0.6) is 0 Å². The Kier molecular flexibility index (Phi) is 4.06. The third kappa shape index (κ3) is 2.83. The predicted octanol–water partition coefficient (Wildman–Crippen LogP) is 1.63. The topological polar surface area (TPSA) is 26.3 Å². The molecule has 0 unspecified atom stereocenters. The summed E-state index contributed by atoms with van der Waals surface area (Å²) >= 11 is 0. The highest BCUT2D eigenvalue weighted by atomic mass is 16.5. The SMILES string of the molecule is C=c1cc(C(C)=O)cc/c1=C/C(=C\C)OC. The van der Waals surface area contributed by atoms with Crippen molar-refractivity contribution in [2.75, 3.05) is 7.11 Å². The summed E-state index contributed by atoms with van der Waals surface area (Å²) in [6, 6.07) is 5.46. The van der Waals surface area contributed by atoms with E-state index < -0.39 is 0 Å². The highest BCUT2D eigenvalue weighted by Crippen LogP contribution is 1.96. The minimum Gasteiger partial charge on any atom is -0.497 e. The molecule has 0 amide bonds. The first kappa shape index (κ1) is 12.2. The van der Waals surface area contributed by atoms with Gasteiger partial charge < -0.3 is 4.74 Å². The molecular weight excluding hydrogens is 200 g/mol. The van der Waals surface area contributed by atoms with Gasteiger partial charge in [-0.25, -0.2) is 0 Å². The number of carbonyl (C=O) groups is 1. The van der Waals surface area contributed by atoms with Gasteiger partial charge in [0.15, 0.2) is 5.78 Å². The van der Waals surface area contributed by atoms with Crippen LogP contribution in [-0.2, 0) is 4.74 Å². The van der Waals surface area contributed by atoms with E-state index in [1.165, 1.54) is 0 Å². The van der Waals surface area contributed by atoms with Crippen molar-refractivity contribution >= 4 is 18.4 Å². The zero-order valence-electron chi connectivity index (χ0n) is 9.91. The first-order valence-electron chi connectivity index (χ1n) is 5.10. The molecule has 0 aliphatic rings. The predicted molar refractivity (Wildman–Crippen MR) is 66.4 cm³/mol. The number of ether oxygens (including phenoxy) is 1. The average Bonchev–Trinajstić information content (AvgIpc) is 2.27. The van der Waals surface area contributed by atoms with Gasteiger partial charge in [0.05, 0.1) is 7.11 Å². The zero-order valence-corrected chi connectivity index (χ0v) is 9.91. The Morgan fingerprint density at radius 2 is 2.12 bits per heavy atom. The third-order valence-electron chi connectivity index (χ3n) is 2.37. The lowest BCUT2D eigenvalue weighted by Gasteiger charge is -1.99. The molecular formula is C14H16O2. The first-order chi connectivity index (χ1) is 7.58. The Bertz CT molecular complexity index is 524. The number of hydrogen-bond donors (Lipinski definition) is 0. The smallest absolute Gasteiger partial charge is 0.159 e. The highest BCUT2D eigenvalue weighted by Gasteiger charge is 1.97. The Labute approximate surface area is 95.6 Å². The van der Waals surface area contributed by atoms with Crippen molar-refractivity contribution in [2.45, 2.75) is 13.8 Å². The van der Waals surface area contributed by atoms with Crippen molar-refractivity contribution in [2.24, 2.45) is 0 Å². The van der Waals surface area contributed by atoms with Crippen molar-refractivity contribution in [1.82, 2.24) is 0 Å². The van der Waals surface area contributed by atoms with Crippen LogP contribution < -0.4 is 10.4 Å². The molecule has 0 aliphatic carbocycles. The largest absolute Gasteiger partial charge is 0.497 e. The lowest BCUT2D eigenvalue weighted by Crippen LogP contribution is -2.24. The third-order valence-corrected chi connectivity index (χ3v) is 2.37. The molecule has 0 heterocycles. The van der Waals surface area contributed by atoms with Gasteiger partial charge in [-0.2, -0.15) is 0 Å². The Balaban J connectivity index is 3.29. The molecule has 2 nitrogen and oxygen atoms in total. The molecule has 0 aromatic heterocycles. The maximum absolute atomic E-state index is 11.2. The quantitative estimate of drug-likeness (QED) is 0.567. The van der Waals surface area contributed by atoms with Gasteiger partial charge in [0.2, 0.25) is 0 Å². The van der Waals surface area contributed by atoms with E-state index in [0.29, 0.717) is 5.56 Å². The molecule has 0 aliphatic heterocycles. The maximum Gasteiger partial charge on any atom is 0.159 e. The van der Waals surface area contributed by atoms with E-state index in [4.69, 9.17) is 4.74 Å². The molecule has 0 saturated carbocycles. The second-order valence-corrected chi connectivity index (χ2v) is 3.51. The standard InChI is InChI=1S/C14H16O2/c1-5-14(16-4)9-12-6-7-13(11(3)15)8-10(12)2/h5-9H,2H2,1,3-4H3/b12-9-,14-5+. The van der Waals surface area contributed by atoms with Crippen molar-refractivity contribution in [3.63, 3.8) is 0 Å². The van der Waals surface area contributed by atoms with E-state index in [9.17, 15) is 4.79 Å². The number of hydrogen-bond acceptors (Lipinski definition) is 2. The van der Waals surface area contributed by atoms with Crippen LogP contribution in [0.1, 0.15) is 24.2 Å². The van der Waals surface area contributed by atoms with E-state index in [0.717, 1.165) is 16.2 Å². The second-order valence-electron chi connectivity index (χ2n) is 3.51. The van der Waals surface area contributed by atoms with E-state index >= 15 is 0 Å². The van der Waals surface area contributed by atoms with Crippen molar-refractivity contribution in [3.8, 4) is 0 Å². The number of methoxy groups -OCH3 is 1. The normalized spacial score (nSPS) is 12.7. The van der Waals surface area contributed by atoms with Crippen molar-refractivity contribution < 1.29 is 9.53 Å². The van der Waals surface area contributed by atoms with Crippen molar-refractivity contribution in [1.29, 1.82) is 0 Å². The van der Waals surface area contributed by atoms with Gasteiger partial charge in [-0.3, -0.25) is 4.79 Å². The Morgan fingerprint density at radius 3 is 2.56 bits per heavy atom. The minimum absolute atomic E-state index is 0.0504. The van der Waals surface area contributed by atoms with E-state index in [1.807, 2.05) is 25.1 Å². The number of rotatable bonds is 3. The number of ketones is 1. The van der Waals surface area contributed by atoms with Crippen LogP contribution in [0, 0.1) is 0 Å². The number of allylic oxidation sites excluding steroid dienone is 2. The summed E-state index contributed by atoms with van der Waals surface area (Å²) in [6.45, 7) is 7.37. The maximum atomic E-state index is 11.2. The van der Waals surface area contributed by atoms with Crippen LogP contribution in [0.2, 0.25) is 0 Å². The molecule has 0 spiro atoms. The molecule has 0 N–H and O–H groups in total. The van der Waals surface area contributed by atoms with E-state index in [1.54, 1.807) is 26.2 Å². The molecule has 0 saturated heterocycles. The zero-order chi connectivity index (χ0) is 12.1. The summed E-state index contributed by atoms with van der Waals surface area (Å²) in [5.41, 5.74) is 0.682. The lowest BCUT2D eigenvalue weighted by molar-refractivity contribution is 0.101. The molecule has 0 atom stereocenters. The fourth-order valence-corrected chi connectivity index (χ4v) is 1.38. The van der Waals surface area contributed by atoms with Crippen LogP contribution in [0.25, 0.3) is 12.7 Å². The minimum atomic E-state index is 0.0504. The molecule has 1 rings (SSSR count). The number of carbonyl (C=O) groups excluding carboxylic acids is 1. The van der Waals surface area contributed by atoms with Gasteiger partial charge in [0, 0.05) is 5.56 Å². The monoisotopic (exact) mass is 216 g/mol. The second kappa shape index (κ2) is 5.31. The summed E-state index contributed by atoms with van der Waals surface area (Å²) in [5, 5.41) is 1.78. The number of benzene rings is 1. The molecule has 0 radical (unpaired) electrons. The molecule has 0 fully saturated rings. The average molecular weight is 216 g/mol. The van der Waals surface area contributed by atoms with Crippen molar-refractivity contribution in [3.05, 3.63) is 46.0 Å². The fraction of sp³-hybridized carbons (Fsp3) is 0.214. The molecule has 1 aromatic rings. The number of Topliss-reactive ketones (excluding diaryl/α,β-unsaturated/α-hetero) is 1. The highest BCUT2D eigenvalue weighted by molar-refractivity contribution is 5.93. The van der Waals surface area contributed by atoms with Crippen LogP contribution in [0.4, 0.5) is 0 Å². The van der Waals surface area contributed by atoms with Crippen LogP contribution in [0.15, 0.2) is 30.0 Å². The fourth-order valence-electron chi connectivity index (χ4n) is 1.38. The summed E-state index contributed by atoms with van der Waals surface area (Å²) < 4.78 is 5.15. The van der Waals surface area contributed by atoms with E-state index in [-0.39, 0.29) is 5.78 Å². The summed E-state index contributed by atoms with van der Waals surface area (Å²) in [4.78, 5) is 11.2. The van der Waals surface area contributed by atoms with Gasteiger partial charge in [0.1, 0.15) is 5.76 Å². The molecule has 1 aromatic carbocycles. The van der Waals surface area contributed by atoms with E-state index in [2.05, 4.69) is 6.58 Å². The summed E-state index contributed by atoms with van der Waals surface area (Å²) in [6.07, 6.45) is 3.77. The molecule has 0 bridgehead atoms. The molecule has 84 valence electrons. The Morgan fingerprint density at radius 1 is 1.44 bits per heavy atom. The summed E-state index contributed by atoms with van der Waals surface area (Å²) in [7, 11) is 1.62. The molecule has 2 heteroatoms. The Hall–Kier alpha value is -1.83. The van der Waals surface area contributed by atoms with Crippen LogP contribution >= 0.6 is 0 Å². The van der Waals surface area contributed by atoms with Crippen LogP contribution in [-0.4, -0.2) is 12.9 Å². The van der Waals surface area contributed by atoms with Gasteiger partial charge in [0.25, 0.3) is 0 Å². The first-order valence-corrected chi connectivity index (χ1v) is 5.10. The lowest BCUT2D eigenvalue weighted by atomic mass is 10.1.